The van der Waals surface area contributed by atoms with E-state index in [9.17, 15) is 0 Å². The highest BCUT2D eigenvalue weighted by Gasteiger charge is 1.89. The van der Waals surface area contributed by atoms with Crippen LogP contribution in [0.3, 0.4) is 0 Å². The molecule has 0 radical (unpaired) electrons. The molecule has 0 saturated heterocycles. The van der Waals surface area contributed by atoms with Crippen LogP contribution in [-0.2, 0) is 4.57 Å². The van der Waals surface area contributed by atoms with Crippen molar-refractivity contribution in [2.75, 3.05) is 0 Å². The summed E-state index contributed by atoms with van der Waals surface area (Å²) in [4.78, 5) is 14.3. The molecule has 0 aromatic rings. The van der Waals surface area contributed by atoms with Crippen LogP contribution < -0.4 is 0 Å². The zero-order valence-corrected chi connectivity index (χ0v) is 6.69. The third kappa shape index (κ3) is 42.8. The monoisotopic (exact) mass is 172 g/mol. The summed E-state index contributed by atoms with van der Waals surface area (Å²) in [6, 6.07) is 0. The molecule has 0 rings (SSSR count). The predicted molar refractivity (Wildman–Crippen MR) is 36.6 cm³/mol. The topological polar surface area (TPSA) is 98.0 Å². The molecule has 0 amide bonds. The van der Waals surface area contributed by atoms with E-state index < -0.39 is 14.5 Å². The van der Waals surface area contributed by atoms with Gasteiger partial charge >= 0.3 is 8.25 Å². The molecular formula is C4H13O5P. The molecule has 0 unspecified atom stereocenters. The fraction of sp³-hybridized carbons (Fsp3) is 1.00. The van der Waals surface area contributed by atoms with E-state index in [1.165, 1.54) is 0 Å². The number of hydrogen-bond donors (Lipinski definition) is 4. The van der Waals surface area contributed by atoms with Crippen molar-refractivity contribution in [3.8, 4) is 0 Å². The Bertz CT molecular complexity index is 79.7. The predicted octanol–water partition coefficient (Wildman–Crippen LogP) is -0.542. The van der Waals surface area contributed by atoms with E-state index in [1.54, 1.807) is 0 Å². The van der Waals surface area contributed by atoms with E-state index in [2.05, 4.69) is 0 Å². The van der Waals surface area contributed by atoms with Gasteiger partial charge in [-0.3, -0.25) is 4.57 Å². The molecule has 0 aliphatic carbocycles. The molecule has 0 aromatic heterocycles. The summed E-state index contributed by atoms with van der Waals surface area (Å²) in [5, 5.41) is 16.2. The molecule has 0 saturated carbocycles. The van der Waals surface area contributed by atoms with E-state index in [0.29, 0.717) is 6.42 Å². The van der Waals surface area contributed by atoms with Gasteiger partial charge in [0.25, 0.3) is 0 Å². The first-order chi connectivity index (χ1) is 4.50. The zero-order chi connectivity index (χ0) is 8.57. The van der Waals surface area contributed by atoms with Gasteiger partial charge in [0.1, 0.15) is 0 Å². The molecule has 4 N–H and O–H groups in total. The Hall–Kier alpha value is 0.0700. The summed E-state index contributed by atoms with van der Waals surface area (Å²) in [6.45, 7) is 1.90. The summed E-state index contributed by atoms with van der Waals surface area (Å²) in [5.74, 6) is 0. The standard InChI is InChI=1S/C4H10O2.H3O3P/c1-2-3-4(5)6;1-4(2)3/h4-6H,2-3H2,1H3;4H,(H2,1,2,3). The lowest BCUT2D eigenvalue weighted by Crippen LogP contribution is -2.01. The Labute approximate surface area is 59.9 Å². The third-order valence-electron chi connectivity index (χ3n) is 0.547. The van der Waals surface area contributed by atoms with Gasteiger partial charge in [-0.1, -0.05) is 13.3 Å². The lowest BCUT2D eigenvalue weighted by atomic mass is 10.3. The highest BCUT2D eigenvalue weighted by molar-refractivity contribution is 7.30. The fourth-order valence-electron chi connectivity index (χ4n) is 0.258. The van der Waals surface area contributed by atoms with Gasteiger partial charge in [0.2, 0.25) is 0 Å². The van der Waals surface area contributed by atoms with Crippen LogP contribution in [-0.4, -0.2) is 26.3 Å². The summed E-state index contributed by atoms with van der Waals surface area (Å²) < 4.78 is 8.74. The van der Waals surface area contributed by atoms with Crippen LogP contribution in [0.25, 0.3) is 0 Å². The van der Waals surface area contributed by atoms with Crippen molar-refractivity contribution in [1.82, 2.24) is 0 Å². The largest absolute Gasteiger partial charge is 0.368 e. The van der Waals surface area contributed by atoms with Crippen molar-refractivity contribution >= 4 is 8.25 Å². The molecular weight excluding hydrogens is 159 g/mol. The van der Waals surface area contributed by atoms with Gasteiger partial charge in [0, 0.05) is 0 Å². The second-order valence-corrected chi connectivity index (χ2v) is 2.12. The van der Waals surface area contributed by atoms with E-state index in [1.807, 2.05) is 6.92 Å². The number of hydrogen-bond acceptors (Lipinski definition) is 3. The van der Waals surface area contributed by atoms with Crippen LogP contribution >= 0.6 is 8.25 Å². The molecule has 6 heteroatoms. The maximum atomic E-state index is 8.74. The fourth-order valence-corrected chi connectivity index (χ4v) is 0.258. The van der Waals surface area contributed by atoms with Crippen LogP contribution in [0, 0.1) is 0 Å². The Morgan fingerprint density at radius 1 is 1.40 bits per heavy atom. The molecule has 0 aliphatic heterocycles. The Morgan fingerprint density at radius 3 is 1.70 bits per heavy atom. The minimum atomic E-state index is -3.13. The molecule has 0 atom stereocenters. The van der Waals surface area contributed by atoms with Crippen LogP contribution in [0.2, 0.25) is 0 Å². The first kappa shape index (κ1) is 12.7. The molecule has 0 spiro atoms. The average Bonchev–Trinajstić information content (AvgIpc) is 1.62. The number of aliphatic hydroxyl groups is 2. The van der Waals surface area contributed by atoms with Crippen molar-refractivity contribution in [1.29, 1.82) is 0 Å². The van der Waals surface area contributed by atoms with Gasteiger partial charge in [-0.15, -0.1) is 0 Å². The van der Waals surface area contributed by atoms with Crippen LogP contribution in [0.5, 0.6) is 0 Å². The van der Waals surface area contributed by atoms with Crippen molar-refractivity contribution in [3.05, 3.63) is 0 Å². The van der Waals surface area contributed by atoms with E-state index in [4.69, 9.17) is 24.6 Å². The van der Waals surface area contributed by atoms with Gasteiger partial charge in [-0.2, -0.15) is 0 Å². The van der Waals surface area contributed by atoms with Crippen LogP contribution in [0.15, 0.2) is 0 Å². The van der Waals surface area contributed by atoms with Crippen molar-refractivity contribution < 1.29 is 24.6 Å². The zero-order valence-electron chi connectivity index (χ0n) is 5.69. The lowest BCUT2D eigenvalue weighted by molar-refractivity contribution is -0.0453. The highest BCUT2D eigenvalue weighted by atomic mass is 31.1. The van der Waals surface area contributed by atoms with E-state index in [-0.39, 0.29) is 0 Å². The highest BCUT2D eigenvalue weighted by Crippen LogP contribution is 1.98. The average molecular weight is 172 g/mol. The SMILES string of the molecule is CCCC(O)O.O=[PH](O)O. The van der Waals surface area contributed by atoms with Crippen LogP contribution in [0.4, 0.5) is 0 Å². The molecule has 0 fully saturated rings. The van der Waals surface area contributed by atoms with Gasteiger partial charge in [-0.05, 0) is 6.42 Å². The summed E-state index contributed by atoms with van der Waals surface area (Å²) >= 11 is 0. The van der Waals surface area contributed by atoms with Crippen LogP contribution in [0.1, 0.15) is 19.8 Å². The molecule has 64 valence electrons. The third-order valence-corrected chi connectivity index (χ3v) is 0.547. The Kier molecular flexibility index (Phi) is 11.5. The number of aliphatic hydroxyl groups excluding tert-OH is 1. The van der Waals surface area contributed by atoms with Crippen molar-refractivity contribution in [2.45, 2.75) is 26.1 Å². The molecule has 0 heterocycles. The van der Waals surface area contributed by atoms with Crippen molar-refractivity contribution in [2.24, 2.45) is 0 Å². The summed E-state index contributed by atoms with van der Waals surface area (Å²) in [5.41, 5.74) is 0. The number of rotatable bonds is 2. The minimum absolute atomic E-state index is 0.486. The maximum Gasteiger partial charge on any atom is 0.314 e. The molecule has 0 aromatic carbocycles. The minimum Gasteiger partial charge on any atom is -0.368 e. The Balaban J connectivity index is 0. The molecule has 10 heavy (non-hydrogen) atoms. The smallest absolute Gasteiger partial charge is 0.314 e. The molecule has 5 nitrogen and oxygen atoms in total. The maximum absolute atomic E-state index is 8.74. The second kappa shape index (κ2) is 9.07. The van der Waals surface area contributed by atoms with Crippen molar-refractivity contribution in [3.63, 3.8) is 0 Å². The Morgan fingerprint density at radius 2 is 1.70 bits per heavy atom. The first-order valence-corrected chi connectivity index (χ1v) is 4.09. The molecule has 0 aliphatic rings. The van der Waals surface area contributed by atoms with Gasteiger partial charge in [-0.25, -0.2) is 0 Å². The van der Waals surface area contributed by atoms with Gasteiger partial charge in [0.15, 0.2) is 6.29 Å². The second-order valence-electron chi connectivity index (χ2n) is 1.55. The summed E-state index contributed by atoms with van der Waals surface area (Å²) in [6.07, 6.45) is 0.215. The summed E-state index contributed by atoms with van der Waals surface area (Å²) in [7, 11) is -3.13. The van der Waals surface area contributed by atoms with Gasteiger partial charge in [0.05, 0.1) is 0 Å². The quantitative estimate of drug-likeness (QED) is 0.331. The van der Waals surface area contributed by atoms with E-state index >= 15 is 0 Å². The first-order valence-electron chi connectivity index (χ1n) is 2.78. The molecule has 0 bridgehead atoms. The van der Waals surface area contributed by atoms with Gasteiger partial charge < -0.3 is 20.0 Å². The van der Waals surface area contributed by atoms with E-state index in [0.717, 1.165) is 6.42 Å². The normalized spacial score (nSPS) is 9.50. The lowest BCUT2D eigenvalue weighted by Gasteiger charge is -1.94.